The molecule has 0 aromatic rings. The van der Waals surface area contributed by atoms with E-state index < -0.39 is 19.1 Å². The summed E-state index contributed by atoms with van der Waals surface area (Å²) in [6, 6.07) is -0.535. The van der Waals surface area contributed by atoms with Crippen molar-refractivity contribution < 1.29 is 24.7 Å². The molecule has 0 aromatic heterocycles. The minimum absolute atomic E-state index is 0.0500. The number of rotatable bonds is 5. The van der Waals surface area contributed by atoms with Crippen molar-refractivity contribution in [1.82, 2.24) is 5.32 Å². The molecule has 0 bridgehead atoms. The van der Waals surface area contributed by atoms with Gasteiger partial charge in [-0.25, -0.2) is 0 Å². The van der Waals surface area contributed by atoms with Gasteiger partial charge in [0, 0.05) is 6.54 Å². The summed E-state index contributed by atoms with van der Waals surface area (Å²) in [5.74, 6) is -1.23. The zero-order chi connectivity index (χ0) is 19.1. The van der Waals surface area contributed by atoms with E-state index in [9.17, 15) is 9.59 Å². The second kappa shape index (κ2) is 15.4. The van der Waals surface area contributed by atoms with Crippen molar-refractivity contribution in [3.8, 4) is 0 Å². The molecule has 8 N–H and O–H groups in total. The molecule has 8 nitrogen and oxygen atoms in total. The van der Waals surface area contributed by atoms with Gasteiger partial charge < -0.3 is 31.9 Å². The normalized spacial score (nSPS) is 20.5. The molecule has 0 aromatic carbocycles. The molecular weight excluding hydrogens is 313 g/mol. The number of hydrogen-bond donors (Lipinski definition) is 6. The lowest BCUT2D eigenvalue weighted by Crippen LogP contribution is -2.43. The SMILES string of the molecule is CC(N)C(=O)NCC1CCCCC1C(=O)O.CCB(O)O.CCN. The van der Waals surface area contributed by atoms with Crippen LogP contribution >= 0.6 is 0 Å². The van der Waals surface area contributed by atoms with Gasteiger partial charge in [0.2, 0.25) is 5.91 Å². The van der Waals surface area contributed by atoms with E-state index in [-0.39, 0.29) is 17.7 Å². The molecule has 0 heterocycles. The first kappa shape index (κ1) is 25.1. The largest absolute Gasteiger partial charge is 0.481 e. The van der Waals surface area contributed by atoms with Gasteiger partial charge in [0.1, 0.15) is 0 Å². The smallest absolute Gasteiger partial charge is 0.451 e. The van der Waals surface area contributed by atoms with Crippen molar-refractivity contribution in [2.45, 2.75) is 58.8 Å². The lowest BCUT2D eigenvalue weighted by atomic mass is 9.79. The fourth-order valence-corrected chi connectivity index (χ4v) is 2.17. The average molecular weight is 347 g/mol. The Bertz CT molecular complexity index is 343. The first-order chi connectivity index (χ1) is 11.2. The van der Waals surface area contributed by atoms with E-state index >= 15 is 0 Å². The van der Waals surface area contributed by atoms with Gasteiger partial charge in [0.25, 0.3) is 0 Å². The summed E-state index contributed by atoms with van der Waals surface area (Å²) in [4.78, 5) is 22.3. The van der Waals surface area contributed by atoms with Crippen LogP contribution < -0.4 is 16.8 Å². The number of amides is 1. The molecule has 1 saturated carbocycles. The minimum atomic E-state index is -1.12. The summed E-state index contributed by atoms with van der Waals surface area (Å²) < 4.78 is 0. The lowest BCUT2D eigenvalue weighted by molar-refractivity contribution is -0.145. The maximum atomic E-state index is 11.3. The third-order valence-electron chi connectivity index (χ3n) is 3.54. The van der Waals surface area contributed by atoms with E-state index in [1.165, 1.54) is 0 Å². The van der Waals surface area contributed by atoms with Crippen LogP contribution in [-0.2, 0) is 9.59 Å². The Morgan fingerprint density at radius 2 is 1.71 bits per heavy atom. The Morgan fingerprint density at radius 1 is 1.25 bits per heavy atom. The number of carbonyl (C=O) groups is 2. The Morgan fingerprint density at radius 3 is 2.08 bits per heavy atom. The molecule has 1 rings (SSSR count). The number of nitrogens with two attached hydrogens (primary N) is 2. The second-order valence-corrected chi connectivity index (χ2v) is 5.82. The van der Waals surface area contributed by atoms with Crippen LogP contribution in [0.25, 0.3) is 0 Å². The Kier molecular flexibility index (Phi) is 16.1. The molecule has 1 fully saturated rings. The first-order valence-electron chi connectivity index (χ1n) is 8.53. The van der Waals surface area contributed by atoms with Crippen molar-refractivity contribution in [2.24, 2.45) is 23.3 Å². The van der Waals surface area contributed by atoms with Gasteiger partial charge in [-0.2, -0.15) is 0 Å². The van der Waals surface area contributed by atoms with E-state index in [0.717, 1.165) is 25.8 Å². The number of carboxylic acids is 1. The zero-order valence-electron chi connectivity index (χ0n) is 15.1. The topological polar surface area (TPSA) is 159 Å². The van der Waals surface area contributed by atoms with Crippen molar-refractivity contribution >= 4 is 19.0 Å². The predicted molar refractivity (Wildman–Crippen MR) is 95.1 cm³/mol. The summed E-state index contributed by atoms with van der Waals surface area (Å²) in [6.45, 7) is 6.40. The van der Waals surface area contributed by atoms with Crippen molar-refractivity contribution in [1.29, 1.82) is 0 Å². The Hall–Kier alpha value is -1.16. The summed E-state index contributed by atoms with van der Waals surface area (Å²) in [5.41, 5.74) is 10.3. The Balaban J connectivity index is 0. The van der Waals surface area contributed by atoms with Gasteiger partial charge in [-0.1, -0.05) is 26.7 Å². The van der Waals surface area contributed by atoms with E-state index in [0.29, 0.717) is 19.3 Å². The van der Waals surface area contributed by atoms with Gasteiger partial charge >= 0.3 is 13.1 Å². The minimum Gasteiger partial charge on any atom is -0.481 e. The van der Waals surface area contributed by atoms with Crippen LogP contribution in [-0.4, -0.2) is 53.3 Å². The number of carboxylic acid groups (broad SMARTS) is 1. The fourth-order valence-electron chi connectivity index (χ4n) is 2.17. The zero-order valence-corrected chi connectivity index (χ0v) is 15.1. The Labute approximate surface area is 145 Å². The second-order valence-electron chi connectivity index (χ2n) is 5.82. The first-order valence-corrected chi connectivity index (χ1v) is 8.53. The highest BCUT2D eigenvalue weighted by atomic mass is 16.4. The molecule has 0 radical (unpaired) electrons. The number of aliphatic carboxylic acids is 1. The molecule has 3 unspecified atom stereocenters. The van der Waals surface area contributed by atoms with Crippen molar-refractivity contribution in [3.05, 3.63) is 0 Å². The van der Waals surface area contributed by atoms with Crippen LogP contribution in [0.4, 0.5) is 0 Å². The standard InChI is InChI=1S/C11H20N2O3.C2H7BO2.C2H7N/c1-7(12)10(14)13-6-8-4-2-3-5-9(8)11(15)16;1-2-3(4)5;1-2-3/h7-9H,2-6,12H2,1H3,(H,13,14)(H,15,16);4-5H,2H2,1H3;2-3H2,1H3. The van der Waals surface area contributed by atoms with Crippen LogP contribution in [0.1, 0.15) is 46.5 Å². The highest BCUT2D eigenvalue weighted by Crippen LogP contribution is 2.29. The van der Waals surface area contributed by atoms with Gasteiger partial charge in [0.05, 0.1) is 12.0 Å². The van der Waals surface area contributed by atoms with Crippen LogP contribution in [0.3, 0.4) is 0 Å². The van der Waals surface area contributed by atoms with E-state index in [1.807, 2.05) is 6.92 Å². The molecule has 1 aliphatic carbocycles. The molecule has 24 heavy (non-hydrogen) atoms. The number of nitrogens with one attached hydrogen (secondary N) is 1. The summed E-state index contributed by atoms with van der Waals surface area (Å²) in [6.07, 6.45) is 4.02. The van der Waals surface area contributed by atoms with Gasteiger partial charge in [-0.05, 0) is 38.5 Å². The highest BCUT2D eigenvalue weighted by Gasteiger charge is 2.30. The van der Waals surface area contributed by atoms with Crippen LogP contribution in [0.15, 0.2) is 0 Å². The van der Waals surface area contributed by atoms with Gasteiger partial charge in [-0.3, -0.25) is 9.59 Å². The quantitative estimate of drug-likeness (QED) is 0.375. The predicted octanol–water partition coefficient (Wildman–Crippen LogP) is -0.215. The van der Waals surface area contributed by atoms with E-state index in [2.05, 4.69) is 5.32 Å². The molecule has 1 amide bonds. The van der Waals surface area contributed by atoms with Crippen molar-refractivity contribution in [3.63, 3.8) is 0 Å². The maximum Gasteiger partial charge on any atom is 0.451 e. The van der Waals surface area contributed by atoms with Crippen LogP contribution in [0.5, 0.6) is 0 Å². The van der Waals surface area contributed by atoms with Crippen LogP contribution in [0.2, 0.25) is 6.32 Å². The van der Waals surface area contributed by atoms with Crippen molar-refractivity contribution in [2.75, 3.05) is 13.1 Å². The summed E-state index contributed by atoms with van der Waals surface area (Å²) >= 11 is 0. The van der Waals surface area contributed by atoms with E-state index in [1.54, 1.807) is 13.8 Å². The summed E-state index contributed by atoms with van der Waals surface area (Å²) in [7, 11) is -1.12. The molecule has 142 valence electrons. The maximum absolute atomic E-state index is 11.3. The molecule has 3 atom stereocenters. The third kappa shape index (κ3) is 13.3. The average Bonchev–Trinajstić information content (AvgIpc) is 2.53. The molecule has 1 aliphatic rings. The van der Waals surface area contributed by atoms with Crippen LogP contribution in [0, 0.1) is 11.8 Å². The number of hydrogen-bond acceptors (Lipinski definition) is 6. The van der Waals surface area contributed by atoms with Gasteiger partial charge in [-0.15, -0.1) is 0 Å². The summed E-state index contributed by atoms with van der Waals surface area (Å²) in [5, 5.41) is 27.6. The molecule has 9 heteroatoms. The van der Waals surface area contributed by atoms with E-state index in [4.69, 9.17) is 26.6 Å². The third-order valence-corrected chi connectivity index (χ3v) is 3.54. The van der Waals surface area contributed by atoms with Gasteiger partial charge in [0.15, 0.2) is 0 Å². The lowest BCUT2D eigenvalue weighted by Gasteiger charge is -2.28. The molecular formula is C15H34BN3O5. The molecule has 0 spiro atoms. The molecule has 0 aliphatic heterocycles. The molecule has 0 saturated heterocycles. The highest BCUT2D eigenvalue weighted by molar-refractivity contribution is 6.40. The number of carbonyl (C=O) groups excluding carboxylic acids is 1. The fraction of sp³-hybridized carbons (Fsp3) is 0.867. The monoisotopic (exact) mass is 347 g/mol.